The Morgan fingerprint density at radius 1 is 1.33 bits per heavy atom. The molecule has 0 saturated heterocycles. The first-order valence-electron chi connectivity index (χ1n) is 9.77. The molecule has 0 radical (unpaired) electrons. The van der Waals surface area contributed by atoms with Crippen molar-refractivity contribution in [3.8, 4) is 5.75 Å². The fourth-order valence-corrected chi connectivity index (χ4v) is 3.40. The lowest BCUT2D eigenvalue weighted by atomic mass is 9.98. The summed E-state index contributed by atoms with van der Waals surface area (Å²) in [7, 11) is 0. The molecule has 8 nitrogen and oxygen atoms in total. The van der Waals surface area contributed by atoms with Gasteiger partial charge in [-0.25, -0.2) is 4.98 Å². The van der Waals surface area contributed by atoms with Gasteiger partial charge in [0.05, 0.1) is 12.3 Å². The number of halogens is 1. The Labute approximate surface area is 178 Å². The standard InChI is InChI=1S/C21H22ClN3O5/c1-11(6-7-23-19(27)18-10-24-21(30-18)12-2-3-12)25-20(28)17-9-15(26)14-8-13(22)4-5-16(14)29-17/h4-5,8,10,12,15,17,26H,1-3,6-7,9H2,(H,23,27)(H,25,28)/t15-,17-/m1/s1. The number of aliphatic hydroxyl groups excluding tert-OH is 1. The Hall–Kier alpha value is -2.84. The van der Waals surface area contributed by atoms with Gasteiger partial charge in [0.2, 0.25) is 5.76 Å². The third-order valence-corrected chi connectivity index (χ3v) is 5.25. The Bertz CT molecular complexity index is 985. The van der Waals surface area contributed by atoms with Crippen LogP contribution in [0.5, 0.6) is 5.75 Å². The second-order valence-electron chi connectivity index (χ2n) is 7.48. The number of aliphatic hydroxyl groups is 1. The van der Waals surface area contributed by atoms with E-state index < -0.39 is 18.1 Å². The molecule has 2 amide bonds. The first kappa shape index (κ1) is 20.4. The van der Waals surface area contributed by atoms with Gasteiger partial charge in [0.1, 0.15) is 5.75 Å². The second kappa shape index (κ2) is 8.49. The van der Waals surface area contributed by atoms with E-state index in [9.17, 15) is 14.7 Å². The van der Waals surface area contributed by atoms with Crippen molar-refractivity contribution in [2.75, 3.05) is 6.54 Å². The summed E-state index contributed by atoms with van der Waals surface area (Å²) in [6.07, 6.45) is 2.26. The first-order chi connectivity index (χ1) is 14.4. The van der Waals surface area contributed by atoms with E-state index in [2.05, 4.69) is 22.2 Å². The van der Waals surface area contributed by atoms with Crippen LogP contribution in [0, 0.1) is 0 Å². The van der Waals surface area contributed by atoms with Gasteiger partial charge >= 0.3 is 0 Å². The van der Waals surface area contributed by atoms with Gasteiger partial charge in [-0.1, -0.05) is 18.2 Å². The lowest BCUT2D eigenvalue weighted by molar-refractivity contribution is -0.129. The zero-order chi connectivity index (χ0) is 21.3. The Kier molecular flexibility index (Phi) is 5.78. The minimum atomic E-state index is -0.852. The fourth-order valence-electron chi connectivity index (χ4n) is 3.22. The molecule has 1 saturated carbocycles. The molecular weight excluding hydrogens is 410 g/mol. The van der Waals surface area contributed by atoms with E-state index in [1.54, 1.807) is 18.2 Å². The molecule has 1 fully saturated rings. The zero-order valence-electron chi connectivity index (χ0n) is 16.2. The molecule has 9 heteroatoms. The van der Waals surface area contributed by atoms with Crippen LogP contribution in [0.3, 0.4) is 0 Å². The van der Waals surface area contributed by atoms with Crippen molar-refractivity contribution in [2.24, 2.45) is 0 Å². The van der Waals surface area contributed by atoms with Crippen LogP contribution in [0.1, 0.15) is 59.7 Å². The SMILES string of the molecule is C=C(CCNC(=O)c1cnc(C2CC2)o1)NC(=O)[C@H]1C[C@@H](O)c2cc(Cl)ccc2O1. The molecule has 4 rings (SSSR count). The lowest BCUT2D eigenvalue weighted by Gasteiger charge is -2.29. The number of ether oxygens (including phenoxy) is 1. The van der Waals surface area contributed by atoms with E-state index in [0.717, 1.165) is 12.8 Å². The number of carbonyl (C=O) groups is 2. The van der Waals surface area contributed by atoms with Crippen LogP contribution in [0.4, 0.5) is 0 Å². The molecule has 30 heavy (non-hydrogen) atoms. The molecule has 158 valence electrons. The maximum atomic E-state index is 12.5. The Balaban J connectivity index is 1.23. The zero-order valence-corrected chi connectivity index (χ0v) is 16.9. The molecular formula is C21H22ClN3O5. The average Bonchev–Trinajstić information content (AvgIpc) is 3.44. The van der Waals surface area contributed by atoms with E-state index in [1.807, 2.05) is 0 Å². The average molecular weight is 432 g/mol. The highest BCUT2D eigenvalue weighted by Crippen LogP contribution is 2.39. The molecule has 2 atom stereocenters. The number of nitrogens with zero attached hydrogens (tertiary/aromatic N) is 1. The number of hydrogen-bond acceptors (Lipinski definition) is 6. The number of hydrogen-bond donors (Lipinski definition) is 3. The molecule has 0 bridgehead atoms. The number of amides is 2. The Morgan fingerprint density at radius 3 is 2.90 bits per heavy atom. The normalized spacial score (nSPS) is 20.1. The van der Waals surface area contributed by atoms with Gasteiger partial charge in [-0.05, 0) is 31.0 Å². The third-order valence-electron chi connectivity index (χ3n) is 5.02. The molecule has 3 N–H and O–H groups in total. The van der Waals surface area contributed by atoms with Gasteiger partial charge in [-0.2, -0.15) is 0 Å². The van der Waals surface area contributed by atoms with E-state index in [0.29, 0.717) is 40.3 Å². The maximum absolute atomic E-state index is 12.5. The van der Waals surface area contributed by atoms with Crippen LogP contribution in [-0.4, -0.2) is 34.6 Å². The van der Waals surface area contributed by atoms with E-state index in [-0.39, 0.29) is 24.6 Å². The molecule has 2 aliphatic rings. The summed E-state index contributed by atoms with van der Waals surface area (Å²) in [4.78, 5) is 28.7. The Morgan fingerprint density at radius 2 is 2.13 bits per heavy atom. The summed E-state index contributed by atoms with van der Waals surface area (Å²) < 4.78 is 11.1. The summed E-state index contributed by atoms with van der Waals surface area (Å²) in [6, 6.07) is 4.89. The van der Waals surface area contributed by atoms with Crippen molar-refractivity contribution in [2.45, 2.75) is 43.8 Å². The molecule has 1 aliphatic heterocycles. The summed E-state index contributed by atoms with van der Waals surface area (Å²) in [6.45, 7) is 4.09. The topological polar surface area (TPSA) is 114 Å². The fraction of sp³-hybridized carbons (Fsp3) is 0.381. The van der Waals surface area contributed by atoms with Crippen molar-refractivity contribution in [3.05, 3.63) is 58.9 Å². The first-order valence-corrected chi connectivity index (χ1v) is 10.1. The summed E-state index contributed by atoms with van der Waals surface area (Å²) in [5.74, 6) is 0.780. The molecule has 0 unspecified atom stereocenters. The van der Waals surface area contributed by atoms with Crippen LogP contribution in [0.25, 0.3) is 0 Å². The van der Waals surface area contributed by atoms with Crippen LogP contribution in [-0.2, 0) is 4.79 Å². The van der Waals surface area contributed by atoms with Crippen LogP contribution < -0.4 is 15.4 Å². The van der Waals surface area contributed by atoms with Crippen molar-refractivity contribution in [1.82, 2.24) is 15.6 Å². The minimum Gasteiger partial charge on any atom is -0.480 e. The van der Waals surface area contributed by atoms with Crippen LogP contribution >= 0.6 is 11.6 Å². The van der Waals surface area contributed by atoms with E-state index in [1.165, 1.54) is 6.20 Å². The van der Waals surface area contributed by atoms with Crippen LogP contribution in [0.2, 0.25) is 5.02 Å². The number of fused-ring (bicyclic) bond motifs is 1. The molecule has 2 heterocycles. The third kappa shape index (κ3) is 4.66. The van der Waals surface area contributed by atoms with Gasteiger partial charge in [-0.15, -0.1) is 0 Å². The van der Waals surface area contributed by atoms with Gasteiger partial charge in [0, 0.05) is 41.6 Å². The molecule has 2 aromatic rings. The predicted octanol–water partition coefficient (Wildman–Crippen LogP) is 2.84. The molecule has 0 spiro atoms. The molecule has 1 aromatic heterocycles. The maximum Gasteiger partial charge on any atom is 0.288 e. The highest BCUT2D eigenvalue weighted by atomic mass is 35.5. The lowest BCUT2D eigenvalue weighted by Crippen LogP contribution is -2.41. The van der Waals surface area contributed by atoms with E-state index >= 15 is 0 Å². The largest absolute Gasteiger partial charge is 0.480 e. The molecule has 1 aromatic carbocycles. The van der Waals surface area contributed by atoms with Gasteiger partial charge < -0.3 is 24.9 Å². The number of rotatable bonds is 7. The monoisotopic (exact) mass is 431 g/mol. The minimum absolute atomic E-state index is 0.109. The van der Waals surface area contributed by atoms with Gasteiger partial charge in [0.25, 0.3) is 11.8 Å². The second-order valence-corrected chi connectivity index (χ2v) is 7.91. The highest BCUT2D eigenvalue weighted by Gasteiger charge is 2.32. The van der Waals surface area contributed by atoms with Crippen molar-refractivity contribution in [1.29, 1.82) is 0 Å². The highest BCUT2D eigenvalue weighted by molar-refractivity contribution is 6.30. The number of oxazole rings is 1. The smallest absolute Gasteiger partial charge is 0.288 e. The summed E-state index contributed by atoms with van der Waals surface area (Å²) in [5, 5.41) is 16.2. The van der Waals surface area contributed by atoms with Gasteiger partial charge in [-0.3, -0.25) is 9.59 Å². The number of aromatic nitrogens is 1. The van der Waals surface area contributed by atoms with Crippen molar-refractivity contribution >= 4 is 23.4 Å². The van der Waals surface area contributed by atoms with E-state index in [4.69, 9.17) is 20.8 Å². The quantitative estimate of drug-likeness (QED) is 0.621. The number of nitrogens with one attached hydrogen (secondary N) is 2. The van der Waals surface area contributed by atoms with Crippen LogP contribution in [0.15, 0.2) is 41.1 Å². The van der Waals surface area contributed by atoms with Crippen molar-refractivity contribution < 1.29 is 23.8 Å². The number of carbonyl (C=O) groups excluding carboxylic acids is 2. The van der Waals surface area contributed by atoms with Crippen molar-refractivity contribution in [3.63, 3.8) is 0 Å². The summed E-state index contributed by atoms with van der Waals surface area (Å²) in [5.41, 5.74) is 0.988. The molecule has 1 aliphatic carbocycles. The summed E-state index contributed by atoms with van der Waals surface area (Å²) >= 11 is 5.94. The predicted molar refractivity (Wildman–Crippen MR) is 108 cm³/mol. The van der Waals surface area contributed by atoms with Gasteiger partial charge in [0.15, 0.2) is 12.0 Å². The number of benzene rings is 1.